The number of piperazine rings is 1. The van der Waals surface area contributed by atoms with Gasteiger partial charge in [-0.25, -0.2) is 18.7 Å². The molecule has 2 aliphatic heterocycles. The molecule has 19 heavy (non-hydrogen) atoms. The van der Waals surface area contributed by atoms with Gasteiger partial charge in [-0.15, -0.1) is 0 Å². The maximum Gasteiger partial charge on any atom is 0.273 e. The molecule has 0 spiro atoms. The van der Waals surface area contributed by atoms with Crippen LogP contribution in [0.3, 0.4) is 0 Å². The minimum absolute atomic E-state index is 0.131. The molecule has 2 fully saturated rings. The van der Waals surface area contributed by atoms with Crippen molar-refractivity contribution in [2.24, 2.45) is 0 Å². The molecule has 104 valence electrons. The number of halogens is 2. The second kappa shape index (κ2) is 4.37. The van der Waals surface area contributed by atoms with Gasteiger partial charge < -0.3 is 4.90 Å². The molecule has 6 heteroatoms. The lowest BCUT2D eigenvalue weighted by Gasteiger charge is -2.38. The third-order valence-corrected chi connectivity index (χ3v) is 4.28. The summed E-state index contributed by atoms with van der Waals surface area (Å²) in [6.45, 7) is 2.63. The van der Waals surface area contributed by atoms with E-state index in [0.29, 0.717) is 18.0 Å². The molecule has 2 atom stereocenters. The van der Waals surface area contributed by atoms with Crippen molar-refractivity contribution in [3.63, 3.8) is 0 Å². The molecule has 2 bridgehead atoms. The first-order valence-electron chi connectivity index (χ1n) is 6.62. The van der Waals surface area contributed by atoms with Gasteiger partial charge in [0.25, 0.3) is 5.92 Å². The molecule has 0 N–H and O–H groups in total. The number of hydrogen-bond donors (Lipinski definition) is 0. The highest BCUT2D eigenvalue weighted by atomic mass is 19.3. The molecule has 0 aromatic carbocycles. The lowest BCUT2D eigenvalue weighted by Crippen LogP contribution is -2.52. The molecule has 1 aromatic rings. The second-order valence-corrected chi connectivity index (χ2v) is 5.62. The van der Waals surface area contributed by atoms with Crippen LogP contribution < -0.4 is 4.90 Å². The van der Waals surface area contributed by atoms with Crippen LogP contribution in [0.15, 0.2) is 12.4 Å². The molecular formula is C13H18F2N4. The van der Waals surface area contributed by atoms with Crippen LogP contribution in [0.2, 0.25) is 0 Å². The Balaban J connectivity index is 1.77. The third-order valence-electron chi connectivity index (χ3n) is 4.28. The van der Waals surface area contributed by atoms with E-state index in [1.807, 2.05) is 0 Å². The molecule has 2 saturated heterocycles. The van der Waals surface area contributed by atoms with Gasteiger partial charge in [-0.2, -0.15) is 0 Å². The maximum absolute atomic E-state index is 13.1. The van der Waals surface area contributed by atoms with Crippen molar-refractivity contribution in [1.82, 2.24) is 14.9 Å². The van der Waals surface area contributed by atoms with E-state index in [9.17, 15) is 8.78 Å². The zero-order valence-electron chi connectivity index (χ0n) is 11.2. The molecule has 0 saturated carbocycles. The average molecular weight is 268 g/mol. The lowest BCUT2D eigenvalue weighted by molar-refractivity contribution is 0.0167. The number of hydrogen-bond acceptors (Lipinski definition) is 4. The van der Waals surface area contributed by atoms with Crippen molar-refractivity contribution in [2.45, 2.75) is 37.8 Å². The summed E-state index contributed by atoms with van der Waals surface area (Å²) in [7, 11) is 2.15. The highest BCUT2D eigenvalue weighted by molar-refractivity contribution is 5.33. The first kappa shape index (κ1) is 12.7. The van der Waals surface area contributed by atoms with Crippen LogP contribution in [-0.2, 0) is 5.92 Å². The molecule has 0 unspecified atom stereocenters. The van der Waals surface area contributed by atoms with Gasteiger partial charge in [-0.05, 0) is 19.9 Å². The van der Waals surface area contributed by atoms with Crippen LogP contribution in [0.25, 0.3) is 0 Å². The Morgan fingerprint density at radius 3 is 2.16 bits per heavy atom. The molecule has 0 amide bonds. The Hall–Kier alpha value is -1.30. The summed E-state index contributed by atoms with van der Waals surface area (Å²) in [5.74, 6) is -2.31. The summed E-state index contributed by atoms with van der Waals surface area (Å²) >= 11 is 0. The van der Waals surface area contributed by atoms with Crippen LogP contribution in [-0.4, -0.2) is 47.1 Å². The Bertz CT molecular complexity index is 443. The number of aromatic nitrogens is 2. The molecule has 1 aromatic heterocycles. The van der Waals surface area contributed by atoms with Crippen molar-refractivity contribution in [1.29, 1.82) is 0 Å². The molecule has 2 aliphatic rings. The number of alkyl halides is 2. The average Bonchev–Trinajstić information content (AvgIpc) is 2.61. The summed E-state index contributed by atoms with van der Waals surface area (Å²) in [5, 5.41) is 0. The van der Waals surface area contributed by atoms with E-state index >= 15 is 0 Å². The van der Waals surface area contributed by atoms with E-state index in [1.54, 1.807) is 0 Å². The van der Waals surface area contributed by atoms with Crippen LogP contribution in [0.4, 0.5) is 14.7 Å². The van der Waals surface area contributed by atoms with E-state index in [4.69, 9.17) is 0 Å². The minimum Gasteiger partial charge on any atom is -0.338 e. The topological polar surface area (TPSA) is 32.3 Å². The van der Waals surface area contributed by atoms with Gasteiger partial charge in [-0.1, -0.05) is 0 Å². The summed E-state index contributed by atoms with van der Waals surface area (Å²) < 4.78 is 26.2. The molecule has 0 aliphatic carbocycles. The number of nitrogens with zero attached hydrogens (tertiary/aromatic N) is 4. The van der Waals surface area contributed by atoms with Crippen LogP contribution in [0.1, 0.15) is 25.3 Å². The fraction of sp³-hybridized carbons (Fsp3) is 0.692. The molecule has 4 nitrogen and oxygen atoms in total. The van der Waals surface area contributed by atoms with Crippen LogP contribution >= 0.6 is 0 Å². The minimum atomic E-state index is -2.88. The van der Waals surface area contributed by atoms with Gasteiger partial charge in [0.1, 0.15) is 0 Å². The fourth-order valence-corrected chi connectivity index (χ4v) is 2.99. The maximum atomic E-state index is 13.1. The number of rotatable bonds is 2. The van der Waals surface area contributed by atoms with Gasteiger partial charge in [0, 0.05) is 44.5 Å². The smallest absolute Gasteiger partial charge is 0.273 e. The van der Waals surface area contributed by atoms with Gasteiger partial charge in [0.05, 0.1) is 5.56 Å². The SMILES string of the molecule is CN1[C@@H]2CC[C@H]1CN(c1ncc(C(C)(F)F)cn1)C2. The van der Waals surface area contributed by atoms with E-state index in [0.717, 1.165) is 20.0 Å². The van der Waals surface area contributed by atoms with Crippen molar-refractivity contribution in [2.75, 3.05) is 25.0 Å². The molecule has 3 rings (SSSR count). The van der Waals surface area contributed by atoms with E-state index in [1.165, 1.54) is 25.2 Å². The second-order valence-electron chi connectivity index (χ2n) is 5.62. The van der Waals surface area contributed by atoms with E-state index in [-0.39, 0.29) is 5.56 Å². The predicted octanol–water partition coefficient (Wildman–Crippen LogP) is 1.87. The highest BCUT2D eigenvalue weighted by Crippen LogP contribution is 2.31. The predicted molar refractivity (Wildman–Crippen MR) is 68.4 cm³/mol. The summed E-state index contributed by atoms with van der Waals surface area (Å²) in [6.07, 6.45) is 4.87. The van der Waals surface area contributed by atoms with Gasteiger partial charge in [-0.3, -0.25) is 4.90 Å². The van der Waals surface area contributed by atoms with Crippen molar-refractivity contribution < 1.29 is 8.78 Å². The highest BCUT2D eigenvalue weighted by Gasteiger charge is 2.38. The standard InChI is InChI=1S/C13H18F2N4/c1-13(14,15)9-5-16-12(17-6-9)19-7-10-3-4-11(8-19)18(10)2/h5-6,10-11H,3-4,7-8H2,1-2H3/t10-,11+. The van der Waals surface area contributed by atoms with Crippen molar-refractivity contribution in [3.8, 4) is 0 Å². The third kappa shape index (κ3) is 2.29. The Labute approximate surface area is 111 Å². The first-order valence-corrected chi connectivity index (χ1v) is 6.62. The van der Waals surface area contributed by atoms with Gasteiger partial charge in [0.15, 0.2) is 0 Å². The van der Waals surface area contributed by atoms with Gasteiger partial charge in [0.2, 0.25) is 5.95 Å². The van der Waals surface area contributed by atoms with E-state index < -0.39 is 5.92 Å². The van der Waals surface area contributed by atoms with Crippen LogP contribution in [0.5, 0.6) is 0 Å². The Morgan fingerprint density at radius 2 is 1.68 bits per heavy atom. The fourth-order valence-electron chi connectivity index (χ4n) is 2.99. The van der Waals surface area contributed by atoms with Crippen LogP contribution in [0, 0.1) is 0 Å². The zero-order chi connectivity index (χ0) is 13.6. The monoisotopic (exact) mass is 268 g/mol. The molecular weight excluding hydrogens is 250 g/mol. The Morgan fingerprint density at radius 1 is 1.16 bits per heavy atom. The molecule has 3 heterocycles. The Kier molecular flexibility index (Phi) is 2.92. The lowest BCUT2D eigenvalue weighted by atomic mass is 10.2. The number of fused-ring (bicyclic) bond motifs is 2. The summed E-state index contributed by atoms with van der Waals surface area (Å²) in [4.78, 5) is 12.7. The quantitative estimate of drug-likeness (QED) is 0.819. The van der Waals surface area contributed by atoms with E-state index in [2.05, 4.69) is 26.8 Å². The van der Waals surface area contributed by atoms with Crippen molar-refractivity contribution in [3.05, 3.63) is 18.0 Å². The molecule has 0 radical (unpaired) electrons. The van der Waals surface area contributed by atoms with Gasteiger partial charge >= 0.3 is 0 Å². The summed E-state index contributed by atoms with van der Waals surface area (Å²) in [5.41, 5.74) is -0.131. The zero-order valence-corrected chi connectivity index (χ0v) is 11.2. The normalized spacial score (nSPS) is 27.9. The largest absolute Gasteiger partial charge is 0.338 e. The number of anilines is 1. The first-order chi connectivity index (χ1) is 8.95. The number of likely N-dealkylation sites (N-methyl/N-ethyl adjacent to an activating group) is 1. The van der Waals surface area contributed by atoms with Crippen molar-refractivity contribution >= 4 is 5.95 Å². The summed E-state index contributed by atoms with van der Waals surface area (Å²) in [6, 6.07) is 1.07.